The number of para-hydroxylation sites is 3. The number of piperidine rings is 1. The largest absolute Gasteiger partial charge is 0.476 e. The summed E-state index contributed by atoms with van der Waals surface area (Å²) < 4.78 is 6.05. The van der Waals surface area contributed by atoms with E-state index in [2.05, 4.69) is 17.1 Å². The zero-order chi connectivity index (χ0) is 21.9. The SMILES string of the molecule is O=C(C1CN(C(=O)CCCc2c[nH]c3ccccc23)c2ccccc2O1)N1CCCCC1. The van der Waals surface area contributed by atoms with Gasteiger partial charge in [-0.05, 0) is 55.9 Å². The zero-order valence-electron chi connectivity index (χ0n) is 18.3. The summed E-state index contributed by atoms with van der Waals surface area (Å²) in [7, 11) is 0. The summed E-state index contributed by atoms with van der Waals surface area (Å²) in [4.78, 5) is 33.3. The number of likely N-dealkylation sites (tertiary alicyclic amines) is 1. The van der Waals surface area contributed by atoms with Gasteiger partial charge in [-0.2, -0.15) is 0 Å². The predicted octanol–water partition coefficient (Wildman–Crippen LogP) is 4.30. The fraction of sp³-hybridized carbons (Fsp3) is 0.385. The van der Waals surface area contributed by atoms with E-state index in [-0.39, 0.29) is 18.4 Å². The molecule has 0 aliphatic carbocycles. The van der Waals surface area contributed by atoms with E-state index in [0.29, 0.717) is 12.2 Å². The van der Waals surface area contributed by atoms with Gasteiger partial charge in [-0.15, -0.1) is 0 Å². The van der Waals surface area contributed by atoms with E-state index in [1.165, 1.54) is 17.4 Å². The molecule has 6 heteroatoms. The van der Waals surface area contributed by atoms with Crippen molar-refractivity contribution in [3.05, 3.63) is 60.3 Å². The first-order chi connectivity index (χ1) is 15.7. The van der Waals surface area contributed by atoms with Crippen molar-refractivity contribution in [1.29, 1.82) is 0 Å². The molecule has 0 bridgehead atoms. The summed E-state index contributed by atoms with van der Waals surface area (Å²) in [5.74, 6) is 0.645. The average molecular weight is 432 g/mol. The number of hydrogen-bond donors (Lipinski definition) is 1. The van der Waals surface area contributed by atoms with Gasteiger partial charge in [0.05, 0.1) is 12.2 Å². The van der Waals surface area contributed by atoms with Gasteiger partial charge in [0.1, 0.15) is 5.75 Å². The van der Waals surface area contributed by atoms with Crippen LogP contribution in [0.2, 0.25) is 0 Å². The molecular weight excluding hydrogens is 402 g/mol. The van der Waals surface area contributed by atoms with E-state index in [0.717, 1.165) is 50.0 Å². The number of amides is 2. The number of benzene rings is 2. The Bertz CT molecular complexity index is 1120. The van der Waals surface area contributed by atoms with E-state index >= 15 is 0 Å². The van der Waals surface area contributed by atoms with Crippen LogP contribution in [0.4, 0.5) is 5.69 Å². The molecule has 2 aliphatic heterocycles. The third kappa shape index (κ3) is 4.09. The maximum absolute atomic E-state index is 13.2. The number of aromatic nitrogens is 1. The molecular formula is C26H29N3O3. The van der Waals surface area contributed by atoms with Gasteiger partial charge < -0.3 is 19.5 Å². The highest BCUT2D eigenvalue weighted by Gasteiger charge is 2.36. The maximum Gasteiger partial charge on any atom is 0.265 e. The topological polar surface area (TPSA) is 65.6 Å². The standard InChI is InChI=1S/C26H29N3O3/c30-25(14-8-9-19-17-27-21-11-3-2-10-20(19)21)29-18-24(26(31)28-15-6-1-7-16-28)32-23-13-5-4-12-22(23)29/h2-5,10-13,17,24,27H,1,6-9,14-16,18H2. The highest BCUT2D eigenvalue weighted by atomic mass is 16.5. The normalized spacial score (nSPS) is 18.3. The number of hydrogen-bond acceptors (Lipinski definition) is 3. The highest BCUT2D eigenvalue weighted by molar-refractivity contribution is 5.97. The highest BCUT2D eigenvalue weighted by Crippen LogP contribution is 2.34. The zero-order valence-corrected chi connectivity index (χ0v) is 18.3. The fourth-order valence-electron chi connectivity index (χ4n) is 4.82. The van der Waals surface area contributed by atoms with Crippen molar-refractivity contribution in [3.63, 3.8) is 0 Å². The van der Waals surface area contributed by atoms with Crippen molar-refractivity contribution >= 4 is 28.4 Å². The average Bonchev–Trinajstić information content (AvgIpc) is 3.26. The van der Waals surface area contributed by atoms with E-state index in [1.54, 1.807) is 4.90 Å². The minimum Gasteiger partial charge on any atom is -0.476 e. The van der Waals surface area contributed by atoms with Gasteiger partial charge in [0.2, 0.25) is 5.91 Å². The number of fused-ring (bicyclic) bond motifs is 2. The Kier molecular flexibility index (Phi) is 5.84. The van der Waals surface area contributed by atoms with Crippen molar-refractivity contribution < 1.29 is 14.3 Å². The second-order valence-corrected chi connectivity index (χ2v) is 8.68. The van der Waals surface area contributed by atoms with Gasteiger partial charge in [0.25, 0.3) is 5.91 Å². The van der Waals surface area contributed by atoms with Gasteiger partial charge in [-0.25, -0.2) is 0 Å². The molecule has 2 aromatic carbocycles. The Labute approximate surface area is 188 Å². The summed E-state index contributed by atoms with van der Waals surface area (Å²) in [5.41, 5.74) is 3.11. The van der Waals surface area contributed by atoms with Crippen LogP contribution in [0, 0.1) is 0 Å². The Hall–Kier alpha value is -3.28. The molecule has 3 aromatic rings. The number of H-pyrrole nitrogens is 1. The van der Waals surface area contributed by atoms with Gasteiger partial charge in [0, 0.05) is 36.6 Å². The predicted molar refractivity (Wildman–Crippen MR) is 125 cm³/mol. The van der Waals surface area contributed by atoms with Crippen LogP contribution < -0.4 is 9.64 Å². The molecule has 0 radical (unpaired) electrons. The first-order valence-corrected chi connectivity index (χ1v) is 11.6. The van der Waals surface area contributed by atoms with Crippen molar-refractivity contribution in [2.45, 2.75) is 44.6 Å². The summed E-state index contributed by atoms with van der Waals surface area (Å²) >= 11 is 0. The molecule has 1 aromatic heterocycles. The maximum atomic E-state index is 13.2. The van der Waals surface area contributed by atoms with Crippen LogP contribution >= 0.6 is 0 Å². The number of aromatic amines is 1. The third-order valence-corrected chi connectivity index (χ3v) is 6.53. The fourth-order valence-corrected chi connectivity index (χ4v) is 4.82. The Morgan fingerprint density at radius 2 is 1.78 bits per heavy atom. The van der Waals surface area contributed by atoms with E-state index in [4.69, 9.17) is 4.74 Å². The van der Waals surface area contributed by atoms with Crippen molar-refractivity contribution in [2.24, 2.45) is 0 Å². The van der Waals surface area contributed by atoms with Crippen LogP contribution in [-0.4, -0.2) is 47.4 Å². The second-order valence-electron chi connectivity index (χ2n) is 8.68. The van der Waals surface area contributed by atoms with Crippen LogP contribution in [0.1, 0.15) is 37.7 Å². The molecule has 1 atom stereocenters. The summed E-state index contributed by atoms with van der Waals surface area (Å²) in [6, 6.07) is 15.8. The molecule has 6 nitrogen and oxygen atoms in total. The Morgan fingerprint density at radius 1 is 1.00 bits per heavy atom. The number of carbonyl (C=O) groups excluding carboxylic acids is 2. The summed E-state index contributed by atoms with van der Waals surface area (Å²) in [5, 5.41) is 1.21. The first kappa shape index (κ1) is 20.6. The van der Waals surface area contributed by atoms with E-state index in [9.17, 15) is 9.59 Å². The third-order valence-electron chi connectivity index (χ3n) is 6.53. The second kappa shape index (κ2) is 9.07. The van der Waals surface area contributed by atoms with Gasteiger partial charge in [-0.3, -0.25) is 9.59 Å². The molecule has 1 fully saturated rings. The molecule has 0 saturated carbocycles. The lowest BCUT2D eigenvalue weighted by molar-refractivity contribution is -0.139. The Balaban J connectivity index is 1.27. The van der Waals surface area contributed by atoms with Crippen LogP contribution in [0.5, 0.6) is 5.75 Å². The first-order valence-electron chi connectivity index (χ1n) is 11.6. The number of nitrogens with zero attached hydrogens (tertiary/aromatic N) is 2. The van der Waals surface area contributed by atoms with E-state index < -0.39 is 6.10 Å². The monoisotopic (exact) mass is 431 g/mol. The molecule has 1 saturated heterocycles. The number of ether oxygens (including phenoxy) is 1. The number of carbonyl (C=O) groups is 2. The molecule has 2 aliphatic rings. The van der Waals surface area contributed by atoms with Gasteiger partial charge in [0.15, 0.2) is 6.10 Å². The molecule has 3 heterocycles. The number of rotatable bonds is 5. The molecule has 1 unspecified atom stereocenters. The van der Waals surface area contributed by atoms with Crippen LogP contribution in [0.3, 0.4) is 0 Å². The molecule has 5 rings (SSSR count). The quantitative estimate of drug-likeness (QED) is 0.655. The van der Waals surface area contributed by atoms with Crippen LogP contribution in [0.25, 0.3) is 10.9 Å². The number of nitrogens with one attached hydrogen (secondary N) is 1. The molecule has 166 valence electrons. The minimum atomic E-state index is -0.638. The van der Waals surface area contributed by atoms with Crippen molar-refractivity contribution in [3.8, 4) is 5.75 Å². The van der Waals surface area contributed by atoms with Crippen LogP contribution in [-0.2, 0) is 16.0 Å². The Morgan fingerprint density at radius 3 is 2.66 bits per heavy atom. The van der Waals surface area contributed by atoms with Crippen molar-refractivity contribution in [1.82, 2.24) is 9.88 Å². The van der Waals surface area contributed by atoms with Gasteiger partial charge >= 0.3 is 0 Å². The van der Waals surface area contributed by atoms with Crippen molar-refractivity contribution in [2.75, 3.05) is 24.5 Å². The lowest BCUT2D eigenvalue weighted by Crippen LogP contribution is -2.52. The lowest BCUT2D eigenvalue weighted by Gasteiger charge is -2.37. The molecule has 2 amide bonds. The minimum absolute atomic E-state index is 0.00389. The number of anilines is 1. The molecule has 1 N–H and O–H groups in total. The van der Waals surface area contributed by atoms with Crippen LogP contribution in [0.15, 0.2) is 54.7 Å². The summed E-state index contributed by atoms with van der Waals surface area (Å²) in [6.07, 6.45) is 6.64. The lowest BCUT2D eigenvalue weighted by atomic mass is 10.1. The van der Waals surface area contributed by atoms with Gasteiger partial charge in [-0.1, -0.05) is 30.3 Å². The molecule has 32 heavy (non-hydrogen) atoms. The smallest absolute Gasteiger partial charge is 0.265 e. The summed E-state index contributed by atoms with van der Waals surface area (Å²) in [6.45, 7) is 1.83. The number of aryl methyl sites for hydroxylation is 1. The molecule has 0 spiro atoms. The van der Waals surface area contributed by atoms with E-state index in [1.807, 2.05) is 47.5 Å².